The molecule has 0 aromatic heterocycles. The highest BCUT2D eigenvalue weighted by atomic mass is 35.5. The Morgan fingerprint density at radius 3 is 2.63 bits per heavy atom. The summed E-state index contributed by atoms with van der Waals surface area (Å²) in [6.45, 7) is 6.15. The quantitative estimate of drug-likeness (QED) is 0.813. The smallest absolute Gasteiger partial charge is 0.165 e. The molecule has 0 aliphatic carbocycles. The van der Waals surface area contributed by atoms with Gasteiger partial charge in [-0.2, -0.15) is 0 Å². The molecule has 0 unspecified atom stereocenters. The number of halogens is 2. The SMILES string of the molecule is Cl.Fc1ccccc1OCCCCN1CCNCC1. The van der Waals surface area contributed by atoms with Gasteiger partial charge in [0.05, 0.1) is 6.61 Å². The number of ether oxygens (including phenoxy) is 1. The van der Waals surface area contributed by atoms with Crippen LogP contribution in [-0.2, 0) is 0 Å². The molecule has 108 valence electrons. The zero-order valence-electron chi connectivity index (χ0n) is 11.1. The van der Waals surface area contributed by atoms with E-state index in [1.165, 1.54) is 6.07 Å². The van der Waals surface area contributed by atoms with Crippen molar-refractivity contribution in [2.24, 2.45) is 0 Å². The van der Waals surface area contributed by atoms with E-state index in [0.29, 0.717) is 12.4 Å². The molecule has 1 aromatic rings. The van der Waals surface area contributed by atoms with Crippen LogP contribution in [0.4, 0.5) is 4.39 Å². The van der Waals surface area contributed by atoms with Crippen molar-refractivity contribution in [3.63, 3.8) is 0 Å². The summed E-state index contributed by atoms with van der Waals surface area (Å²) in [4.78, 5) is 2.46. The highest BCUT2D eigenvalue weighted by molar-refractivity contribution is 5.85. The first-order valence-electron chi connectivity index (χ1n) is 6.66. The molecular weight excluding hydrogens is 267 g/mol. The van der Waals surface area contributed by atoms with Crippen molar-refractivity contribution in [3.8, 4) is 5.75 Å². The van der Waals surface area contributed by atoms with Crippen LogP contribution in [-0.4, -0.2) is 44.2 Å². The Balaban J connectivity index is 0.00000180. The van der Waals surface area contributed by atoms with Crippen LogP contribution < -0.4 is 10.1 Å². The number of unbranched alkanes of at least 4 members (excludes halogenated alkanes) is 1. The number of benzene rings is 1. The van der Waals surface area contributed by atoms with Gasteiger partial charge in [0.2, 0.25) is 0 Å². The summed E-state index contributed by atoms with van der Waals surface area (Å²) in [7, 11) is 0. The number of nitrogens with zero attached hydrogens (tertiary/aromatic N) is 1. The summed E-state index contributed by atoms with van der Waals surface area (Å²) < 4.78 is 18.7. The Morgan fingerprint density at radius 1 is 1.16 bits per heavy atom. The van der Waals surface area contributed by atoms with Crippen LogP contribution in [0.25, 0.3) is 0 Å². The second-order valence-corrected chi connectivity index (χ2v) is 4.58. The summed E-state index contributed by atoms with van der Waals surface area (Å²) in [5, 5.41) is 3.34. The van der Waals surface area contributed by atoms with E-state index >= 15 is 0 Å². The van der Waals surface area contributed by atoms with Crippen molar-refractivity contribution in [2.45, 2.75) is 12.8 Å². The predicted octanol–water partition coefficient (Wildman–Crippen LogP) is 2.31. The third-order valence-corrected chi connectivity index (χ3v) is 3.17. The van der Waals surface area contributed by atoms with Crippen molar-refractivity contribution in [1.29, 1.82) is 0 Å². The minimum Gasteiger partial charge on any atom is -0.491 e. The maximum absolute atomic E-state index is 13.2. The zero-order valence-corrected chi connectivity index (χ0v) is 11.9. The fraction of sp³-hybridized carbons (Fsp3) is 0.571. The average molecular weight is 289 g/mol. The monoisotopic (exact) mass is 288 g/mol. The van der Waals surface area contributed by atoms with Gasteiger partial charge in [0, 0.05) is 26.2 Å². The summed E-state index contributed by atoms with van der Waals surface area (Å²) in [5.74, 6) is 0.0827. The number of rotatable bonds is 6. The van der Waals surface area contributed by atoms with Crippen molar-refractivity contribution in [2.75, 3.05) is 39.3 Å². The number of hydrogen-bond acceptors (Lipinski definition) is 3. The second kappa shape index (κ2) is 9.13. The molecule has 1 aliphatic heterocycles. The third-order valence-electron chi connectivity index (χ3n) is 3.17. The highest BCUT2D eigenvalue weighted by Gasteiger charge is 2.08. The van der Waals surface area contributed by atoms with Crippen LogP contribution in [0.1, 0.15) is 12.8 Å². The molecule has 3 nitrogen and oxygen atoms in total. The molecule has 0 amide bonds. The molecule has 1 aromatic carbocycles. The van der Waals surface area contributed by atoms with E-state index in [2.05, 4.69) is 10.2 Å². The number of para-hydroxylation sites is 1. The van der Waals surface area contributed by atoms with Crippen LogP contribution >= 0.6 is 12.4 Å². The molecule has 0 bridgehead atoms. The van der Waals surface area contributed by atoms with E-state index in [9.17, 15) is 4.39 Å². The van der Waals surface area contributed by atoms with Gasteiger partial charge >= 0.3 is 0 Å². The van der Waals surface area contributed by atoms with Gasteiger partial charge in [-0.05, 0) is 31.5 Å². The Hall–Kier alpha value is -0.840. The van der Waals surface area contributed by atoms with E-state index in [-0.39, 0.29) is 18.2 Å². The Bertz CT molecular complexity index is 359. The molecule has 19 heavy (non-hydrogen) atoms. The first kappa shape index (κ1) is 16.2. The predicted molar refractivity (Wildman–Crippen MR) is 77.7 cm³/mol. The average Bonchev–Trinajstić information content (AvgIpc) is 2.42. The molecule has 1 aliphatic rings. The third kappa shape index (κ3) is 5.76. The van der Waals surface area contributed by atoms with Gasteiger partial charge in [-0.3, -0.25) is 0 Å². The van der Waals surface area contributed by atoms with Gasteiger partial charge in [-0.15, -0.1) is 12.4 Å². The molecule has 1 N–H and O–H groups in total. The highest BCUT2D eigenvalue weighted by Crippen LogP contribution is 2.15. The van der Waals surface area contributed by atoms with Crippen LogP contribution in [0.5, 0.6) is 5.75 Å². The lowest BCUT2D eigenvalue weighted by atomic mass is 10.2. The van der Waals surface area contributed by atoms with Crippen molar-refractivity contribution in [1.82, 2.24) is 10.2 Å². The molecule has 1 saturated heterocycles. The molecular formula is C14H22ClFN2O. The van der Waals surface area contributed by atoms with Crippen molar-refractivity contribution >= 4 is 12.4 Å². The van der Waals surface area contributed by atoms with E-state index < -0.39 is 0 Å². The maximum atomic E-state index is 13.2. The van der Waals surface area contributed by atoms with Crippen LogP contribution in [0.3, 0.4) is 0 Å². The summed E-state index contributed by atoms with van der Waals surface area (Å²) >= 11 is 0. The number of nitrogens with one attached hydrogen (secondary N) is 1. The zero-order chi connectivity index (χ0) is 12.6. The Labute approximate surface area is 120 Å². The Kier molecular flexibility index (Phi) is 7.79. The van der Waals surface area contributed by atoms with Gasteiger partial charge in [-0.25, -0.2) is 4.39 Å². The topological polar surface area (TPSA) is 24.5 Å². The largest absolute Gasteiger partial charge is 0.491 e. The lowest BCUT2D eigenvalue weighted by molar-refractivity contribution is 0.224. The molecule has 2 rings (SSSR count). The van der Waals surface area contributed by atoms with E-state index in [0.717, 1.165) is 45.6 Å². The van der Waals surface area contributed by atoms with Gasteiger partial charge in [-0.1, -0.05) is 12.1 Å². The molecule has 1 fully saturated rings. The lowest BCUT2D eigenvalue weighted by Gasteiger charge is -2.26. The molecule has 0 spiro atoms. The first-order chi connectivity index (χ1) is 8.86. The molecule has 5 heteroatoms. The normalized spacial score (nSPS) is 15.8. The maximum Gasteiger partial charge on any atom is 0.165 e. The van der Waals surface area contributed by atoms with Gasteiger partial charge in [0.15, 0.2) is 11.6 Å². The Morgan fingerprint density at radius 2 is 1.89 bits per heavy atom. The van der Waals surface area contributed by atoms with Crippen LogP contribution in [0.15, 0.2) is 24.3 Å². The fourth-order valence-corrected chi connectivity index (χ4v) is 2.12. The van der Waals surface area contributed by atoms with E-state index in [4.69, 9.17) is 4.74 Å². The minimum absolute atomic E-state index is 0. The fourth-order valence-electron chi connectivity index (χ4n) is 2.12. The van der Waals surface area contributed by atoms with Crippen LogP contribution in [0, 0.1) is 5.82 Å². The van der Waals surface area contributed by atoms with Gasteiger partial charge in [0.1, 0.15) is 0 Å². The van der Waals surface area contributed by atoms with E-state index in [1.54, 1.807) is 18.2 Å². The van der Waals surface area contributed by atoms with E-state index in [1.807, 2.05) is 0 Å². The standard InChI is InChI=1S/C14H21FN2O.ClH/c15-13-5-1-2-6-14(13)18-12-4-3-9-17-10-7-16-8-11-17;/h1-2,5-6,16H,3-4,7-12H2;1H. The second-order valence-electron chi connectivity index (χ2n) is 4.58. The molecule has 0 radical (unpaired) electrons. The van der Waals surface area contributed by atoms with Crippen LogP contribution in [0.2, 0.25) is 0 Å². The van der Waals surface area contributed by atoms with Gasteiger partial charge in [0.25, 0.3) is 0 Å². The number of hydrogen-bond donors (Lipinski definition) is 1. The van der Waals surface area contributed by atoms with Crippen molar-refractivity contribution in [3.05, 3.63) is 30.1 Å². The first-order valence-corrected chi connectivity index (χ1v) is 6.66. The molecule has 0 atom stereocenters. The summed E-state index contributed by atoms with van der Waals surface area (Å²) in [6.07, 6.45) is 2.08. The van der Waals surface area contributed by atoms with Crippen molar-refractivity contribution < 1.29 is 9.13 Å². The number of piperazine rings is 1. The summed E-state index contributed by atoms with van der Waals surface area (Å²) in [6, 6.07) is 6.56. The molecule has 0 saturated carbocycles. The molecule has 1 heterocycles. The lowest BCUT2D eigenvalue weighted by Crippen LogP contribution is -2.43. The minimum atomic E-state index is -0.278. The summed E-state index contributed by atoms with van der Waals surface area (Å²) in [5.41, 5.74) is 0. The van der Waals surface area contributed by atoms with Gasteiger partial charge < -0.3 is 15.0 Å².